The number of hydrogen-bond acceptors (Lipinski definition) is 2. The Morgan fingerprint density at radius 2 is 1.00 bits per heavy atom. The zero-order chi connectivity index (χ0) is 16.6. The van der Waals surface area contributed by atoms with Gasteiger partial charge in [-0.25, -0.2) is 0 Å². The first kappa shape index (κ1) is 21.6. The van der Waals surface area contributed by atoms with Gasteiger partial charge >= 0.3 is 0 Å². The number of hydrogen-bond donors (Lipinski definition) is 0. The van der Waals surface area contributed by atoms with Crippen LogP contribution >= 0.6 is 0 Å². The van der Waals surface area contributed by atoms with Crippen LogP contribution in [0.15, 0.2) is 0 Å². The molecule has 0 aromatic rings. The average Bonchev–Trinajstić information content (AvgIpc) is 2.35. The van der Waals surface area contributed by atoms with Gasteiger partial charge in [0.2, 0.25) is 0 Å². The van der Waals surface area contributed by atoms with Crippen molar-refractivity contribution >= 4 is 27.4 Å². The molecule has 0 rings (SSSR count). The lowest BCUT2D eigenvalue weighted by atomic mass is 10.4. The lowest BCUT2D eigenvalue weighted by molar-refractivity contribution is 0.404. The summed E-state index contributed by atoms with van der Waals surface area (Å²) in [6.07, 6.45) is 2.52. The van der Waals surface area contributed by atoms with E-state index < -0.39 is 27.4 Å². The van der Waals surface area contributed by atoms with Gasteiger partial charge in [-0.2, -0.15) is 0 Å². The fourth-order valence-corrected chi connectivity index (χ4v) is 16.6. The quantitative estimate of drug-likeness (QED) is 0.482. The SMILES string of the molecule is CCCC[SiH](O[SiH](C(C)C)C(C)C)O[SiH](C(C)C)C(C)C. The molecule has 0 fully saturated rings. The van der Waals surface area contributed by atoms with Gasteiger partial charge in [-0.15, -0.1) is 0 Å². The van der Waals surface area contributed by atoms with Crippen molar-refractivity contribution in [2.24, 2.45) is 0 Å². The van der Waals surface area contributed by atoms with Crippen molar-refractivity contribution < 1.29 is 8.23 Å². The van der Waals surface area contributed by atoms with Crippen molar-refractivity contribution in [3.8, 4) is 0 Å². The van der Waals surface area contributed by atoms with Crippen LogP contribution in [0.4, 0.5) is 0 Å². The topological polar surface area (TPSA) is 18.5 Å². The van der Waals surface area contributed by atoms with Gasteiger partial charge in [-0.1, -0.05) is 75.2 Å². The summed E-state index contributed by atoms with van der Waals surface area (Å²) < 4.78 is 13.4. The monoisotopic (exact) mass is 348 g/mol. The molecule has 0 aliphatic rings. The molecule has 0 N–H and O–H groups in total. The van der Waals surface area contributed by atoms with Crippen LogP contribution in [0.2, 0.25) is 28.2 Å². The molecule has 128 valence electrons. The Balaban J connectivity index is 4.84. The summed E-state index contributed by atoms with van der Waals surface area (Å²) in [5.74, 6) is 0. The minimum atomic E-state index is -1.47. The van der Waals surface area contributed by atoms with Gasteiger partial charge in [-0.05, 0) is 28.2 Å². The van der Waals surface area contributed by atoms with E-state index in [9.17, 15) is 0 Å². The first-order chi connectivity index (χ1) is 9.70. The van der Waals surface area contributed by atoms with E-state index >= 15 is 0 Å². The minimum absolute atomic E-state index is 0.712. The van der Waals surface area contributed by atoms with Crippen LogP contribution in [-0.4, -0.2) is 27.4 Å². The summed E-state index contributed by atoms with van der Waals surface area (Å²) in [5, 5.41) is 0. The molecule has 0 heterocycles. The summed E-state index contributed by atoms with van der Waals surface area (Å²) >= 11 is 0. The Kier molecular flexibility index (Phi) is 11.5. The average molecular weight is 349 g/mol. The summed E-state index contributed by atoms with van der Waals surface area (Å²) in [7, 11) is -3.76. The second-order valence-corrected chi connectivity index (χ2v) is 18.6. The minimum Gasteiger partial charge on any atom is -0.440 e. The molecule has 0 spiro atoms. The van der Waals surface area contributed by atoms with Gasteiger partial charge < -0.3 is 8.23 Å². The Morgan fingerprint density at radius 3 is 1.24 bits per heavy atom. The van der Waals surface area contributed by atoms with Crippen LogP contribution in [-0.2, 0) is 8.23 Å². The smallest absolute Gasteiger partial charge is 0.300 e. The Morgan fingerprint density at radius 1 is 0.667 bits per heavy atom. The molecule has 0 aromatic carbocycles. The number of unbranched alkanes of at least 4 members (excludes halogenated alkanes) is 1. The Labute approximate surface area is 139 Å². The molecule has 0 saturated heterocycles. The lowest BCUT2D eigenvalue weighted by Crippen LogP contribution is -2.41. The second-order valence-electron chi connectivity index (χ2n) is 7.75. The highest BCUT2D eigenvalue weighted by Crippen LogP contribution is 2.27. The second kappa shape index (κ2) is 11.2. The molecule has 0 bridgehead atoms. The van der Waals surface area contributed by atoms with E-state index in [2.05, 4.69) is 62.3 Å². The zero-order valence-corrected chi connectivity index (χ0v) is 19.4. The van der Waals surface area contributed by atoms with E-state index in [-0.39, 0.29) is 0 Å². The highest BCUT2D eigenvalue weighted by atomic mass is 28.4. The van der Waals surface area contributed by atoms with Gasteiger partial charge in [0.25, 0.3) is 9.28 Å². The van der Waals surface area contributed by atoms with Crippen molar-refractivity contribution in [1.29, 1.82) is 0 Å². The third-order valence-electron chi connectivity index (χ3n) is 4.04. The molecule has 0 aromatic heterocycles. The van der Waals surface area contributed by atoms with E-state index in [4.69, 9.17) is 8.23 Å². The van der Waals surface area contributed by atoms with Crippen LogP contribution in [0.5, 0.6) is 0 Å². The van der Waals surface area contributed by atoms with E-state index in [0.717, 1.165) is 0 Å². The van der Waals surface area contributed by atoms with Gasteiger partial charge in [0.15, 0.2) is 18.1 Å². The Bertz CT molecular complexity index is 220. The maximum Gasteiger partial charge on any atom is 0.300 e. The van der Waals surface area contributed by atoms with Crippen molar-refractivity contribution in [1.82, 2.24) is 0 Å². The molecule has 21 heavy (non-hydrogen) atoms. The van der Waals surface area contributed by atoms with Gasteiger partial charge in [0, 0.05) is 0 Å². The summed E-state index contributed by atoms with van der Waals surface area (Å²) in [4.78, 5) is 0. The molecule has 5 heteroatoms. The van der Waals surface area contributed by atoms with E-state index in [1.165, 1.54) is 18.9 Å². The molecule has 2 nitrogen and oxygen atoms in total. The van der Waals surface area contributed by atoms with E-state index in [1.54, 1.807) is 0 Å². The molecule has 0 atom stereocenters. The standard InChI is InChI=1S/C16H40O2Si3/c1-10-11-12-19(17-20(13(2)3)14(4)5)18-21(15(6)7)16(8)9/h13-16,19-21H,10-12H2,1-9H3. The van der Waals surface area contributed by atoms with Crippen LogP contribution in [0.1, 0.15) is 75.2 Å². The summed E-state index contributed by atoms with van der Waals surface area (Å²) in [5.41, 5.74) is 2.85. The normalized spacial score (nSPS) is 13.1. The third kappa shape index (κ3) is 8.69. The van der Waals surface area contributed by atoms with Crippen LogP contribution < -0.4 is 0 Å². The molecular formula is C16H40O2Si3. The molecule has 0 unspecified atom stereocenters. The van der Waals surface area contributed by atoms with E-state index in [1.807, 2.05) is 0 Å². The molecular weight excluding hydrogens is 308 g/mol. The van der Waals surface area contributed by atoms with Gasteiger partial charge in [0.1, 0.15) is 0 Å². The largest absolute Gasteiger partial charge is 0.440 e. The van der Waals surface area contributed by atoms with Crippen LogP contribution in [0.25, 0.3) is 0 Å². The number of rotatable bonds is 11. The van der Waals surface area contributed by atoms with Gasteiger partial charge in [0.05, 0.1) is 0 Å². The van der Waals surface area contributed by atoms with Crippen LogP contribution in [0.3, 0.4) is 0 Å². The van der Waals surface area contributed by atoms with Crippen molar-refractivity contribution in [3.63, 3.8) is 0 Å². The van der Waals surface area contributed by atoms with E-state index in [0.29, 0.717) is 22.2 Å². The zero-order valence-electron chi connectivity index (χ0n) is 16.0. The summed E-state index contributed by atoms with van der Waals surface area (Å²) in [6, 6.07) is 1.21. The highest BCUT2D eigenvalue weighted by Gasteiger charge is 2.30. The van der Waals surface area contributed by atoms with Crippen molar-refractivity contribution in [2.75, 3.05) is 0 Å². The molecule has 0 radical (unpaired) electrons. The predicted octanol–water partition coefficient (Wildman–Crippen LogP) is 5.13. The fourth-order valence-electron chi connectivity index (χ4n) is 3.06. The van der Waals surface area contributed by atoms with Gasteiger partial charge in [-0.3, -0.25) is 0 Å². The predicted molar refractivity (Wildman–Crippen MR) is 104 cm³/mol. The highest BCUT2D eigenvalue weighted by molar-refractivity contribution is 6.70. The van der Waals surface area contributed by atoms with Crippen LogP contribution in [0, 0.1) is 0 Å². The summed E-state index contributed by atoms with van der Waals surface area (Å²) in [6.45, 7) is 21.0. The first-order valence-corrected chi connectivity index (χ1v) is 14.4. The lowest BCUT2D eigenvalue weighted by Gasteiger charge is -2.33. The maximum absolute atomic E-state index is 6.70. The maximum atomic E-state index is 6.70. The van der Waals surface area contributed by atoms with Crippen molar-refractivity contribution in [2.45, 2.75) is 103 Å². The molecule has 0 saturated carbocycles. The van der Waals surface area contributed by atoms with Crippen molar-refractivity contribution in [3.05, 3.63) is 0 Å². The third-order valence-corrected chi connectivity index (χ3v) is 15.1. The molecule has 0 amide bonds. The Hall–Kier alpha value is 0.571. The molecule has 0 aliphatic carbocycles. The molecule has 0 aliphatic heterocycles. The first-order valence-electron chi connectivity index (χ1n) is 9.01. The fraction of sp³-hybridized carbons (Fsp3) is 1.00.